The highest BCUT2D eigenvalue weighted by atomic mass is 16.5. The first-order valence-corrected chi connectivity index (χ1v) is 6.93. The lowest BCUT2D eigenvalue weighted by atomic mass is 10.0. The minimum absolute atomic E-state index is 0.0365. The minimum Gasteiger partial charge on any atom is -0.370 e. The van der Waals surface area contributed by atoms with Gasteiger partial charge in [-0.1, -0.05) is 18.2 Å². The van der Waals surface area contributed by atoms with Crippen LogP contribution in [0.25, 0.3) is 10.9 Å². The molecule has 0 radical (unpaired) electrons. The molecular formula is C15H19N3O2. The van der Waals surface area contributed by atoms with Gasteiger partial charge in [-0.2, -0.15) is 0 Å². The van der Waals surface area contributed by atoms with Gasteiger partial charge in [-0.3, -0.25) is 4.79 Å². The first-order valence-electron chi connectivity index (χ1n) is 6.93. The van der Waals surface area contributed by atoms with Crippen molar-refractivity contribution < 1.29 is 9.53 Å². The summed E-state index contributed by atoms with van der Waals surface area (Å²) >= 11 is 0. The van der Waals surface area contributed by atoms with Gasteiger partial charge in [0, 0.05) is 48.2 Å². The molecule has 5 nitrogen and oxygen atoms in total. The third-order valence-electron chi connectivity index (χ3n) is 3.72. The summed E-state index contributed by atoms with van der Waals surface area (Å²) in [7, 11) is 0. The lowest BCUT2D eigenvalue weighted by molar-refractivity contribution is -0.136. The number of amides is 1. The molecule has 0 saturated carbocycles. The molecule has 3 rings (SSSR count). The molecule has 1 aliphatic heterocycles. The highest BCUT2D eigenvalue weighted by Crippen LogP contribution is 2.27. The summed E-state index contributed by atoms with van der Waals surface area (Å²) < 4.78 is 5.23. The van der Waals surface area contributed by atoms with Crippen LogP contribution in [0.1, 0.15) is 11.3 Å². The van der Waals surface area contributed by atoms with Crippen LogP contribution >= 0.6 is 0 Å². The smallest absolute Gasteiger partial charge is 0.248 e. The van der Waals surface area contributed by atoms with Crippen LogP contribution in [0.3, 0.4) is 0 Å². The van der Waals surface area contributed by atoms with E-state index >= 15 is 0 Å². The first-order chi connectivity index (χ1) is 9.79. The quantitative estimate of drug-likeness (QED) is 0.817. The van der Waals surface area contributed by atoms with Gasteiger partial charge in [0.1, 0.15) is 6.61 Å². The van der Waals surface area contributed by atoms with E-state index < -0.39 is 0 Å². The molecule has 20 heavy (non-hydrogen) atoms. The molecular weight excluding hydrogens is 254 g/mol. The maximum atomic E-state index is 12.1. The maximum absolute atomic E-state index is 12.1. The SMILES string of the molecule is NCCOCC(=O)N1CCc2[nH]c3ccccc3c2C1. The molecule has 0 bridgehead atoms. The predicted octanol–water partition coefficient (Wildman–Crippen LogP) is 1.03. The van der Waals surface area contributed by atoms with E-state index in [1.807, 2.05) is 17.0 Å². The molecule has 1 amide bonds. The fourth-order valence-corrected chi connectivity index (χ4v) is 2.71. The van der Waals surface area contributed by atoms with Crippen LogP contribution in [0.4, 0.5) is 0 Å². The molecule has 1 aromatic carbocycles. The van der Waals surface area contributed by atoms with Gasteiger partial charge in [0.25, 0.3) is 0 Å². The standard InChI is InChI=1S/C15H19N3O2/c16-6-8-20-10-15(19)18-7-5-14-12(9-18)11-3-1-2-4-13(11)17-14/h1-4,17H,5-10,16H2. The molecule has 0 saturated heterocycles. The van der Waals surface area contributed by atoms with Crippen LogP contribution in [0.5, 0.6) is 0 Å². The molecule has 0 spiro atoms. The second-order valence-corrected chi connectivity index (χ2v) is 5.03. The van der Waals surface area contributed by atoms with Crippen LogP contribution in [0, 0.1) is 0 Å². The van der Waals surface area contributed by atoms with Crippen molar-refractivity contribution in [1.82, 2.24) is 9.88 Å². The number of benzene rings is 1. The van der Waals surface area contributed by atoms with E-state index in [9.17, 15) is 4.79 Å². The number of carbonyl (C=O) groups excluding carboxylic acids is 1. The van der Waals surface area contributed by atoms with Crippen LogP contribution in [0.2, 0.25) is 0 Å². The normalized spacial score (nSPS) is 14.6. The molecule has 5 heteroatoms. The Kier molecular flexibility index (Phi) is 3.71. The second-order valence-electron chi connectivity index (χ2n) is 5.03. The molecule has 106 valence electrons. The van der Waals surface area contributed by atoms with Crippen molar-refractivity contribution in [2.45, 2.75) is 13.0 Å². The van der Waals surface area contributed by atoms with Gasteiger partial charge in [-0.25, -0.2) is 0 Å². The molecule has 1 aromatic heterocycles. The van der Waals surface area contributed by atoms with Gasteiger partial charge >= 0.3 is 0 Å². The number of H-pyrrole nitrogens is 1. The number of aromatic amines is 1. The van der Waals surface area contributed by atoms with Crippen molar-refractivity contribution in [3.05, 3.63) is 35.5 Å². The van der Waals surface area contributed by atoms with Gasteiger partial charge in [-0.05, 0) is 6.07 Å². The Balaban J connectivity index is 1.76. The van der Waals surface area contributed by atoms with Gasteiger partial charge < -0.3 is 20.4 Å². The van der Waals surface area contributed by atoms with Crippen molar-refractivity contribution in [3.8, 4) is 0 Å². The average molecular weight is 273 g/mol. The van der Waals surface area contributed by atoms with Crippen LogP contribution < -0.4 is 5.73 Å². The van der Waals surface area contributed by atoms with Gasteiger partial charge in [0.15, 0.2) is 0 Å². The first kappa shape index (κ1) is 13.1. The van der Waals surface area contributed by atoms with Crippen molar-refractivity contribution in [2.75, 3.05) is 26.3 Å². The number of hydrogen-bond donors (Lipinski definition) is 2. The lowest BCUT2D eigenvalue weighted by Crippen LogP contribution is -2.38. The Morgan fingerprint density at radius 1 is 1.40 bits per heavy atom. The highest BCUT2D eigenvalue weighted by Gasteiger charge is 2.23. The Hall–Kier alpha value is -1.85. The van der Waals surface area contributed by atoms with Gasteiger partial charge in [-0.15, -0.1) is 0 Å². The van der Waals surface area contributed by atoms with E-state index in [1.165, 1.54) is 16.6 Å². The zero-order chi connectivity index (χ0) is 13.9. The molecule has 2 heterocycles. The topological polar surface area (TPSA) is 71.3 Å². The van der Waals surface area contributed by atoms with E-state index in [0.717, 1.165) is 18.5 Å². The zero-order valence-corrected chi connectivity index (χ0v) is 11.4. The van der Waals surface area contributed by atoms with E-state index in [-0.39, 0.29) is 12.5 Å². The number of rotatable bonds is 4. The summed E-state index contributed by atoms with van der Waals surface area (Å²) in [4.78, 5) is 17.4. The maximum Gasteiger partial charge on any atom is 0.248 e. The Labute approximate surface area is 117 Å². The van der Waals surface area contributed by atoms with Crippen molar-refractivity contribution in [3.63, 3.8) is 0 Å². The molecule has 0 atom stereocenters. The van der Waals surface area contributed by atoms with Crippen molar-refractivity contribution in [1.29, 1.82) is 0 Å². The molecule has 1 aliphatic rings. The Morgan fingerprint density at radius 2 is 2.25 bits per heavy atom. The Morgan fingerprint density at radius 3 is 3.10 bits per heavy atom. The lowest BCUT2D eigenvalue weighted by Gasteiger charge is -2.27. The summed E-state index contributed by atoms with van der Waals surface area (Å²) in [5, 5.41) is 1.21. The number of nitrogens with one attached hydrogen (secondary N) is 1. The summed E-state index contributed by atoms with van der Waals surface area (Å²) in [6.45, 7) is 2.39. The number of hydrogen-bond acceptors (Lipinski definition) is 3. The summed E-state index contributed by atoms with van der Waals surface area (Å²) in [5.74, 6) is 0.0365. The third-order valence-corrected chi connectivity index (χ3v) is 3.72. The van der Waals surface area contributed by atoms with Crippen LogP contribution in [-0.2, 0) is 22.5 Å². The number of fused-ring (bicyclic) bond motifs is 3. The number of nitrogens with zero attached hydrogens (tertiary/aromatic N) is 1. The summed E-state index contributed by atoms with van der Waals surface area (Å²) in [6, 6.07) is 8.23. The van der Waals surface area contributed by atoms with E-state index in [0.29, 0.717) is 19.7 Å². The largest absolute Gasteiger partial charge is 0.370 e. The average Bonchev–Trinajstić information content (AvgIpc) is 2.85. The fraction of sp³-hybridized carbons (Fsp3) is 0.400. The number of nitrogens with two attached hydrogens (primary N) is 1. The monoisotopic (exact) mass is 273 g/mol. The molecule has 2 aromatic rings. The minimum atomic E-state index is 0.0365. The predicted molar refractivity (Wildman–Crippen MR) is 77.3 cm³/mol. The zero-order valence-electron chi connectivity index (χ0n) is 11.4. The molecule has 0 unspecified atom stereocenters. The van der Waals surface area contributed by atoms with Crippen LogP contribution in [0.15, 0.2) is 24.3 Å². The van der Waals surface area contributed by atoms with Gasteiger partial charge in [0.05, 0.1) is 6.61 Å². The van der Waals surface area contributed by atoms with Crippen LogP contribution in [-0.4, -0.2) is 42.1 Å². The molecule has 3 N–H and O–H groups in total. The number of para-hydroxylation sites is 1. The van der Waals surface area contributed by atoms with E-state index in [2.05, 4.69) is 17.1 Å². The fourth-order valence-electron chi connectivity index (χ4n) is 2.71. The van der Waals surface area contributed by atoms with E-state index in [1.54, 1.807) is 0 Å². The van der Waals surface area contributed by atoms with Crippen molar-refractivity contribution >= 4 is 16.8 Å². The number of carbonyl (C=O) groups is 1. The third kappa shape index (κ3) is 2.42. The number of aromatic nitrogens is 1. The second kappa shape index (κ2) is 5.64. The number of ether oxygens (including phenoxy) is 1. The van der Waals surface area contributed by atoms with Crippen molar-refractivity contribution in [2.24, 2.45) is 5.73 Å². The Bertz CT molecular complexity index is 621. The van der Waals surface area contributed by atoms with E-state index in [4.69, 9.17) is 10.5 Å². The molecule has 0 aliphatic carbocycles. The highest BCUT2D eigenvalue weighted by molar-refractivity contribution is 5.86. The molecule has 0 fully saturated rings. The summed E-state index contributed by atoms with van der Waals surface area (Å²) in [6.07, 6.45) is 0.868. The summed E-state index contributed by atoms with van der Waals surface area (Å²) in [5.41, 5.74) is 8.98. The van der Waals surface area contributed by atoms with Gasteiger partial charge in [0.2, 0.25) is 5.91 Å².